The van der Waals surface area contributed by atoms with Crippen LogP contribution in [0.3, 0.4) is 0 Å². The molecule has 1 unspecified atom stereocenters. The van der Waals surface area contributed by atoms with Crippen molar-refractivity contribution in [1.82, 2.24) is 0 Å². The largest absolute Gasteiger partial charge is 0.318 e. The van der Waals surface area contributed by atoms with Crippen LogP contribution in [-0.4, -0.2) is 0 Å². The number of benzene rings is 2. The van der Waals surface area contributed by atoms with Gasteiger partial charge in [-0.3, -0.25) is 0 Å². The standard InChI is InChI=1S/C15H15Cl2N/c1-10-5-3-4-6-12(10)15(2,18)11-7-8-13(16)14(17)9-11/h3-9H,18H2,1-2H3. The molecule has 0 aliphatic rings. The predicted molar refractivity (Wildman–Crippen MR) is 78.3 cm³/mol. The summed E-state index contributed by atoms with van der Waals surface area (Å²) >= 11 is 12.0. The molecule has 2 rings (SSSR count). The van der Waals surface area contributed by atoms with Crippen molar-refractivity contribution >= 4 is 23.2 Å². The van der Waals surface area contributed by atoms with Crippen molar-refractivity contribution in [3.63, 3.8) is 0 Å². The Labute approximate surface area is 118 Å². The first-order valence-electron chi connectivity index (χ1n) is 5.73. The molecule has 0 saturated heterocycles. The molecule has 0 aliphatic heterocycles. The van der Waals surface area contributed by atoms with Crippen molar-refractivity contribution < 1.29 is 0 Å². The summed E-state index contributed by atoms with van der Waals surface area (Å²) < 4.78 is 0. The maximum absolute atomic E-state index is 6.48. The van der Waals surface area contributed by atoms with Gasteiger partial charge in [-0.15, -0.1) is 0 Å². The van der Waals surface area contributed by atoms with Gasteiger partial charge in [0.1, 0.15) is 0 Å². The molecule has 94 valence electrons. The van der Waals surface area contributed by atoms with Crippen LogP contribution in [0, 0.1) is 6.92 Å². The average Bonchev–Trinajstić information content (AvgIpc) is 2.33. The molecule has 0 spiro atoms. The summed E-state index contributed by atoms with van der Waals surface area (Å²) in [5.74, 6) is 0. The van der Waals surface area contributed by atoms with E-state index in [2.05, 4.69) is 13.0 Å². The van der Waals surface area contributed by atoms with Crippen LogP contribution in [0.25, 0.3) is 0 Å². The van der Waals surface area contributed by atoms with Crippen molar-refractivity contribution in [3.8, 4) is 0 Å². The molecule has 0 heterocycles. The van der Waals surface area contributed by atoms with Crippen LogP contribution in [0.1, 0.15) is 23.6 Å². The van der Waals surface area contributed by atoms with Crippen LogP contribution >= 0.6 is 23.2 Å². The Balaban J connectivity index is 2.54. The molecular formula is C15H15Cl2N. The minimum absolute atomic E-state index is 0.527. The number of rotatable bonds is 2. The van der Waals surface area contributed by atoms with Gasteiger partial charge < -0.3 is 5.73 Å². The molecule has 1 nitrogen and oxygen atoms in total. The van der Waals surface area contributed by atoms with E-state index in [9.17, 15) is 0 Å². The molecule has 2 aromatic carbocycles. The third-order valence-electron chi connectivity index (χ3n) is 3.22. The van der Waals surface area contributed by atoms with Crippen molar-refractivity contribution in [2.24, 2.45) is 5.73 Å². The lowest BCUT2D eigenvalue weighted by atomic mass is 9.83. The van der Waals surface area contributed by atoms with E-state index in [1.54, 1.807) is 6.07 Å². The van der Waals surface area contributed by atoms with E-state index in [4.69, 9.17) is 28.9 Å². The summed E-state index contributed by atoms with van der Waals surface area (Å²) in [6.45, 7) is 4.03. The fraction of sp³-hybridized carbons (Fsp3) is 0.200. The molecule has 0 aliphatic carbocycles. The Morgan fingerprint density at radius 3 is 2.28 bits per heavy atom. The molecule has 0 bridgehead atoms. The van der Waals surface area contributed by atoms with E-state index in [0.717, 1.165) is 16.7 Å². The Morgan fingerprint density at radius 2 is 1.67 bits per heavy atom. The van der Waals surface area contributed by atoms with Crippen LogP contribution in [0.5, 0.6) is 0 Å². The van der Waals surface area contributed by atoms with Crippen molar-refractivity contribution in [3.05, 3.63) is 69.2 Å². The van der Waals surface area contributed by atoms with E-state index in [-0.39, 0.29) is 0 Å². The molecular weight excluding hydrogens is 265 g/mol. The Hall–Kier alpha value is -1.02. The quantitative estimate of drug-likeness (QED) is 0.859. The van der Waals surface area contributed by atoms with Gasteiger partial charge in [0.2, 0.25) is 0 Å². The Bertz CT molecular complexity index is 576. The van der Waals surface area contributed by atoms with E-state index in [1.165, 1.54) is 0 Å². The SMILES string of the molecule is Cc1ccccc1C(C)(N)c1ccc(Cl)c(Cl)c1. The lowest BCUT2D eigenvalue weighted by Crippen LogP contribution is -2.35. The van der Waals surface area contributed by atoms with Gasteiger partial charge in [-0.05, 0) is 42.7 Å². The number of hydrogen-bond donors (Lipinski definition) is 1. The maximum atomic E-state index is 6.48. The number of hydrogen-bond acceptors (Lipinski definition) is 1. The van der Waals surface area contributed by atoms with Gasteiger partial charge in [-0.25, -0.2) is 0 Å². The summed E-state index contributed by atoms with van der Waals surface area (Å²) in [6, 6.07) is 13.6. The minimum Gasteiger partial charge on any atom is -0.318 e. The minimum atomic E-state index is -0.584. The van der Waals surface area contributed by atoms with E-state index >= 15 is 0 Å². The van der Waals surface area contributed by atoms with E-state index in [1.807, 2.05) is 37.3 Å². The molecule has 3 heteroatoms. The second kappa shape index (κ2) is 4.93. The van der Waals surface area contributed by atoms with Gasteiger partial charge in [-0.1, -0.05) is 53.5 Å². The zero-order valence-electron chi connectivity index (χ0n) is 10.4. The van der Waals surface area contributed by atoms with Crippen molar-refractivity contribution in [2.75, 3.05) is 0 Å². The molecule has 0 amide bonds. The van der Waals surface area contributed by atoms with Gasteiger partial charge in [0.15, 0.2) is 0 Å². The fourth-order valence-corrected chi connectivity index (χ4v) is 2.43. The summed E-state index contributed by atoms with van der Waals surface area (Å²) in [6.07, 6.45) is 0. The predicted octanol–water partition coefficient (Wildman–Crippen LogP) is 4.52. The van der Waals surface area contributed by atoms with Crippen LogP contribution < -0.4 is 5.73 Å². The zero-order valence-corrected chi connectivity index (χ0v) is 11.9. The average molecular weight is 280 g/mol. The highest BCUT2D eigenvalue weighted by Crippen LogP contribution is 2.32. The van der Waals surface area contributed by atoms with Gasteiger partial charge in [0, 0.05) is 0 Å². The second-order valence-corrected chi connectivity index (χ2v) is 5.46. The molecule has 18 heavy (non-hydrogen) atoms. The van der Waals surface area contributed by atoms with Crippen molar-refractivity contribution in [2.45, 2.75) is 19.4 Å². The molecule has 2 N–H and O–H groups in total. The van der Waals surface area contributed by atoms with Gasteiger partial charge in [0.05, 0.1) is 15.6 Å². The van der Waals surface area contributed by atoms with Crippen LogP contribution in [-0.2, 0) is 5.54 Å². The number of halogens is 2. The highest BCUT2D eigenvalue weighted by atomic mass is 35.5. The van der Waals surface area contributed by atoms with Crippen LogP contribution in [0.4, 0.5) is 0 Å². The van der Waals surface area contributed by atoms with Crippen molar-refractivity contribution in [1.29, 1.82) is 0 Å². The molecule has 0 radical (unpaired) electrons. The first kappa shape index (κ1) is 13.4. The topological polar surface area (TPSA) is 26.0 Å². The summed E-state index contributed by atoms with van der Waals surface area (Å²) in [7, 11) is 0. The summed E-state index contributed by atoms with van der Waals surface area (Å²) in [4.78, 5) is 0. The highest BCUT2D eigenvalue weighted by Gasteiger charge is 2.25. The Morgan fingerprint density at radius 1 is 1.00 bits per heavy atom. The summed E-state index contributed by atoms with van der Waals surface area (Å²) in [5, 5.41) is 1.07. The van der Waals surface area contributed by atoms with E-state index in [0.29, 0.717) is 10.0 Å². The maximum Gasteiger partial charge on any atom is 0.0640 e. The second-order valence-electron chi connectivity index (χ2n) is 4.65. The van der Waals surface area contributed by atoms with Gasteiger partial charge >= 0.3 is 0 Å². The van der Waals surface area contributed by atoms with E-state index < -0.39 is 5.54 Å². The molecule has 0 aromatic heterocycles. The Kier molecular flexibility index (Phi) is 3.67. The lowest BCUT2D eigenvalue weighted by molar-refractivity contribution is 0.599. The first-order chi connectivity index (χ1) is 8.43. The third-order valence-corrected chi connectivity index (χ3v) is 3.96. The molecule has 1 atom stereocenters. The number of aryl methyl sites for hydroxylation is 1. The highest BCUT2D eigenvalue weighted by molar-refractivity contribution is 6.42. The smallest absolute Gasteiger partial charge is 0.0640 e. The molecule has 0 fully saturated rings. The molecule has 2 aromatic rings. The lowest BCUT2D eigenvalue weighted by Gasteiger charge is -2.28. The fourth-order valence-electron chi connectivity index (χ4n) is 2.13. The summed E-state index contributed by atoms with van der Waals surface area (Å²) in [5.41, 5.74) is 9.09. The third kappa shape index (κ3) is 2.39. The first-order valence-corrected chi connectivity index (χ1v) is 6.49. The van der Waals surface area contributed by atoms with Crippen LogP contribution in [0.15, 0.2) is 42.5 Å². The monoisotopic (exact) mass is 279 g/mol. The van der Waals surface area contributed by atoms with Gasteiger partial charge in [0.25, 0.3) is 0 Å². The number of nitrogens with two attached hydrogens (primary N) is 1. The van der Waals surface area contributed by atoms with Gasteiger partial charge in [-0.2, -0.15) is 0 Å². The molecule has 0 saturated carbocycles. The zero-order chi connectivity index (χ0) is 13.3. The normalized spacial score (nSPS) is 14.3. The van der Waals surface area contributed by atoms with Crippen LogP contribution in [0.2, 0.25) is 10.0 Å².